The van der Waals surface area contributed by atoms with E-state index >= 15 is 0 Å². The molecular formula is C14H13NO2. The zero-order valence-corrected chi connectivity index (χ0v) is 9.59. The van der Waals surface area contributed by atoms with Gasteiger partial charge >= 0.3 is 0 Å². The van der Waals surface area contributed by atoms with E-state index in [2.05, 4.69) is 11.9 Å². The molecule has 0 N–H and O–H groups in total. The average Bonchev–Trinajstić information content (AvgIpc) is 2.40. The van der Waals surface area contributed by atoms with Crippen LogP contribution in [0.25, 0.3) is 0 Å². The summed E-state index contributed by atoms with van der Waals surface area (Å²) in [6.07, 6.45) is 3.33. The zero-order chi connectivity index (χ0) is 12.1. The predicted octanol–water partition coefficient (Wildman–Crippen LogP) is 3.25. The van der Waals surface area contributed by atoms with Crippen molar-refractivity contribution in [2.45, 2.75) is 13.3 Å². The fourth-order valence-corrected chi connectivity index (χ4v) is 1.48. The number of pyridine rings is 1. The lowest BCUT2D eigenvalue weighted by Gasteiger charge is -2.06. The molecule has 86 valence electrons. The maximum absolute atomic E-state index is 10.8. The smallest absolute Gasteiger partial charge is 0.229 e. The highest BCUT2D eigenvalue weighted by Crippen LogP contribution is 2.22. The molecule has 0 aliphatic rings. The van der Waals surface area contributed by atoms with E-state index in [1.165, 1.54) is 5.56 Å². The molecule has 0 unspecified atom stereocenters. The lowest BCUT2D eigenvalue weighted by atomic mass is 10.2. The summed E-state index contributed by atoms with van der Waals surface area (Å²) in [4.78, 5) is 14.8. The molecule has 0 saturated carbocycles. The largest absolute Gasteiger partial charge is 0.438 e. The van der Waals surface area contributed by atoms with Crippen molar-refractivity contribution in [1.29, 1.82) is 0 Å². The number of rotatable bonds is 4. The molecule has 1 aromatic carbocycles. The summed E-state index contributed by atoms with van der Waals surface area (Å²) < 4.78 is 5.56. The second kappa shape index (κ2) is 5.25. The van der Waals surface area contributed by atoms with Crippen molar-refractivity contribution >= 4 is 6.29 Å². The molecule has 1 aromatic heterocycles. The Balaban J connectivity index is 2.22. The number of carbonyl (C=O) groups is 1. The Morgan fingerprint density at radius 1 is 1.24 bits per heavy atom. The molecular weight excluding hydrogens is 214 g/mol. The highest BCUT2D eigenvalue weighted by Gasteiger charge is 2.04. The van der Waals surface area contributed by atoms with E-state index < -0.39 is 0 Å². The molecule has 0 atom stereocenters. The highest BCUT2D eigenvalue weighted by atomic mass is 16.5. The maximum atomic E-state index is 10.8. The van der Waals surface area contributed by atoms with Gasteiger partial charge in [-0.15, -0.1) is 0 Å². The van der Waals surface area contributed by atoms with Gasteiger partial charge in [0.2, 0.25) is 5.88 Å². The van der Waals surface area contributed by atoms with Crippen LogP contribution in [0.15, 0.2) is 42.6 Å². The lowest BCUT2D eigenvalue weighted by Crippen LogP contribution is -1.93. The number of aldehydes is 1. The summed E-state index contributed by atoms with van der Waals surface area (Å²) >= 11 is 0. The van der Waals surface area contributed by atoms with Gasteiger partial charge in [-0.25, -0.2) is 4.98 Å². The first kappa shape index (κ1) is 11.3. The van der Waals surface area contributed by atoms with Gasteiger partial charge in [0.05, 0.1) is 5.56 Å². The molecule has 0 aliphatic carbocycles. The first-order valence-corrected chi connectivity index (χ1v) is 5.50. The van der Waals surface area contributed by atoms with Crippen LogP contribution in [0, 0.1) is 0 Å². The van der Waals surface area contributed by atoms with Crippen LogP contribution < -0.4 is 4.74 Å². The van der Waals surface area contributed by atoms with Gasteiger partial charge in [0.1, 0.15) is 5.75 Å². The lowest BCUT2D eigenvalue weighted by molar-refractivity contribution is 0.112. The van der Waals surface area contributed by atoms with E-state index in [1.807, 2.05) is 24.3 Å². The molecule has 0 radical (unpaired) electrons. The van der Waals surface area contributed by atoms with E-state index in [-0.39, 0.29) is 0 Å². The van der Waals surface area contributed by atoms with E-state index in [1.54, 1.807) is 18.3 Å². The zero-order valence-electron chi connectivity index (χ0n) is 9.59. The van der Waals surface area contributed by atoms with Crippen LogP contribution >= 0.6 is 0 Å². The molecule has 3 heteroatoms. The number of aromatic nitrogens is 1. The maximum Gasteiger partial charge on any atom is 0.229 e. The standard InChI is InChI=1S/C14H13NO2/c1-2-11-5-7-13(8-6-11)17-14-12(10-16)4-3-9-15-14/h3-10H,2H2,1H3. The summed E-state index contributed by atoms with van der Waals surface area (Å²) in [5.74, 6) is 1.02. The van der Waals surface area contributed by atoms with Crippen molar-refractivity contribution in [3.63, 3.8) is 0 Å². The number of ether oxygens (including phenoxy) is 1. The number of nitrogens with zero attached hydrogens (tertiary/aromatic N) is 1. The molecule has 2 rings (SSSR count). The molecule has 0 spiro atoms. The van der Waals surface area contributed by atoms with E-state index in [4.69, 9.17) is 4.74 Å². The molecule has 0 saturated heterocycles. The summed E-state index contributed by atoms with van der Waals surface area (Å²) in [5.41, 5.74) is 1.70. The highest BCUT2D eigenvalue weighted by molar-refractivity contribution is 5.78. The molecule has 1 heterocycles. The average molecular weight is 227 g/mol. The molecule has 0 aliphatic heterocycles. The van der Waals surface area contributed by atoms with Crippen LogP contribution in [0.2, 0.25) is 0 Å². The van der Waals surface area contributed by atoms with Gasteiger partial charge in [-0.1, -0.05) is 19.1 Å². The summed E-state index contributed by atoms with van der Waals surface area (Å²) in [6, 6.07) is 11.1. The van der Waals surface area contributed by atoms with E-state index in [0.717, 1.165) is 12.7 Å². The molecule has 0 fully saturated rings. The Labute approximate surface area is 100 Å². The number of aryl methyl sites for hydroxylation is 1. The minimum absolute atomic E-state index is 0.340. The second-order valence-corrected chi connectivity index (χ2v) is 3.62. The van der Waals surface area contributed by atoms with Crippen molar-refractivity contribution in [1.82, 2.24) is 4.98 Å². The van der Waals surface area contributed by atoms with Gasteiger partial charge in [-0.3, -0.25) is 4.79 Å². The third-order valence-corrected chi connectivity index (χ3v) is 2.47. The minimum Gasteiger partial charge on any atom is -0.438 e. The minimum atomic E-state index is 0.340. The fourth-order valence-electron chi connectivity index (χ4n) is 1.48. The summed E-state index contributed by atoms with van der Waals surface area (Å²) in [6.45, 7) is 2.10. The van der Waals surface area contributed by atoms with Crippen molar-refractivity contribution < 1.29 is 9.53 Å². The van der Waals surface area contributed by atoms with Gasteiger partial charge in [-0.2, -0.15) is 0 Å². The van der Waals surface area contributed by atoms with Crippen molar-refractivity contribution in [2.75, 3.05) is 0 Å². The quantitative estimate of drug-likeness (QED) is 0.752. The number of hydrogen-bond donors (Lipinski definition) is 0. The molecule has 17 heavy (non-hydrogen) atoms. The van der Waals surface area contributed by atoms with Crippen LogP contribution in [0.3, 0.4) is 0 Å². The Morgan fingerprint density at radius 3 is 2.65 bits per heavy atom. The predicted molar refractivity (Wildman–Crippen MR) is 65.5 cm³/mol. The number of benzene rings is 1. The SMILES string of the molecule is CCc1ccc(Oc2ncccc2C=O)cc1. The Kier molecular flexibility index (Phi) is 3.50. The van der Waals surface area contributed by atoms with Gasteiger partial charge < -0.3 is 4.74 Å². The number of carbonyl (C=O) groups excluding carboxylic acids is 1. The van der Waals surface area contributed by atoms with E-state index in [0.29, 0.717) is 17.2 Å². The molecule has 3 nitrogen and oxygen atoms in total. The van der Waals surface area contributed by atoms with Crippen LogP contribution in [0.1, 0.15) is 22.8 Å². The van der Waals surface area contributed by atoms with Crippen molar-refractivity contribution in [2.24, 2.45) is 0 Å². The first-order valence-electron chi connectivity index (χ1n) is 5.50. The normalized spacial score (nSPS) is 9.94. The van der Waals surface area contributed by atoms with Crippen molar-refractivity contribution in [3.05, 3.63) is 53.7 Å². The number of hydrogen-bond acceptors (Lipinski definition) is 3. The summed E-state index contributed by atoms with van der Waals surface area (Å²) in [7, 11) is 0. The van der Waals surface area contributed by atoms with Crippen molar-refractivity contribution in [3.8, 4) is 11.6 Å². The molecule has 0 bridgehead atoms. The Morgan fingerprint density at radius 2 is 2.00 bits per heavy atom. The topological polar surface area (TPSA) is 39.2 Å². The first-order chi connectivity index (χ1) is 8.33. The molecule has 0 amide bonds. The van der Waals surface area contributed by atoms with Crippen LogP contribution in [-0.4, -0.2) is 11.3 Å². The molecule has 2 aromatic rings. The second-order valence-electron chi connectivity index (χ2n) is 3.62. The van der Waals surface area contributed by atoms with Crippen LogP contribution in [-0.2, 0) is 6.42 Å². The van der Waals surface area contributed by atoms with E-state index in [9.17, 15) is 4.79 Å². The van der Waals surface area contributed by atoms with Crippen LogP contribution in [0.4, 0.5) is 0 Å². The third kappa shape index (κ3) is 2.69. The van der Waals surface area contributed by atoms with Gasteiger partial charge in [0.15, 0.2) is 6.29 Å². The third-order valence-electron chi connectivity index (χ3n) is 2.47. The monoisotopic (exact) mass is 227 g/mol. The van der Waals surface area contributed by atoms with Gasteiger partial charge in [0, 0.05) is 6.20 Å². The Bertz CT molecular complexity index is 506. The van der Waals surface area contributed by atoms with Gasteiger partial charge in [0.25, 0.3) is 0 Å². The fraction of sp³-hybridized carbons (Fsp3) is 0.143. The summed E-state index contributed by atoms with van der Waals surface area (Å²) in [5, 5.41) is 0. The van der Waals surface area contributed by atoms with Gasteiger partial charge in [-0.05, 0) is 36.2 Å². The Hall–Kier alpha value is -2.16. The van der Waals surface area contributed by atoms with Crippen LogP contribution in [0.5, 0.6) is 11.6 Å².